The third-order valence-corrected chi connectivity index (χ3v) is 4.67. The van der Waals surface area contributed by atoms with Crippen LogP contribution in [0.4, 0.5) is 0 Å². The summed E-state index contributed by atoms with van der Waals surface area (Å²) in [5.74, 6) is 0. The Kier molecular flexibility index (Phi) is 6.06. The molecule has 0 amide bonds. The van der Waals surface area contributed by atoms with Gasteiger partial charge in [0.05, 0.1) is 6.04 Å². The van der Waals surface area contributed by atoms with Crippen molar-refractivity contribution in [3.05, 3.63) is 35.4 Å². The quantitative estimate of drug-likeness (QED) is 0.898. The van der Waals surface area contributed by atoms with Crippen LogP contribution in [0.5, 0.6) is 0 Å². The van der Waals surface area contributed by atoms with Gasteiger partial charge in [-0.1, -0.05) is 50.5 Å². The molecule has 0 saturated carbocycles. The molecule has 20 heavy (non-hydrogen) atoms. The summed E-state index contributed by atoms with van der Waals surface area (Å²) in [6, 6.07) is 9.39. The Hall–Kier alpha value is -0.860. The molecule has 0 bridgehead atoms. The molecule has 0 spiro atoms. The van der Waals surface area contributed by atoms with Gasteiger partial charge in [0, 0.05) is 6.04 Å². The van der Waals surface area contributed by atoms with E-state index in [2.05, 4.69) is 43.0 Å². The summed E-state index contributed by atoms with van der Waals surface area (Å²) in [4.78, 5) is 2.65. The van der Waals surface area contributed by atoms with Crippen molar-refractivity contribution in [1.29, 1.82) is 0 Å². The molecule has 2 N–H and O–H groups in total. The molecule has 1 heterocycles. The minimum Gasteiger partial charge on any atom is -0.326 e. The van der Waals surface area contributed by atoms with Crippen molar-refractivity contribution >= 4 is 0 Å². The van der Waals surface area contributed by atoms with Crippen molar-refractivity contribution in [2.75, 3.05) is 13.1 Å². The second-order valence-corrected chi connectivity index (χ2v) is 6.18. The van der Waals surface area contributed by atoms with Crippen molar-refractivity contribution in [1.82, 2.24) is 4.90 Å². The number of benzene rings is 1. The van der Waals surface area contributed by atoms with Gasteiger partial charge in [-0.2, -0.15) is 0 Å². The molecule has 2 heteroatoms. The summed E-state index contributed by atoms with van der Waals surface area (Å²) in [7, 11) is 0. The standard InChI is InChI=1S/C18H30N2/c1-3-17(19)18(16-12-8-7-11-15(16)2)20-13-9-5-4-6-10-14-20/h7-8,11-12,17-18H,3-6,9-10,13-14,19H2,1-2H3. The largest absolute Gasteiger partial charge is 0.326 e. The van der Waals surface area contributed by atoms with E-state index in [0.717, 1.165) is 6.42 Å². The van der Waals surface area contributed by atoms with Crippen molar-refractivity contribution in [3.63, 3.8) is 0 Å². The van der Waals surface area contributed by atoms with Gasteiger partial charge in [-0.15, -0.1) is 0 Å². The van der Waals surface area contributed by atoms with Crippen molar-refractivity contribution < 1.29 is 0 Å². The van der Waals surface area contributed by atoms with E-state index in [0.29, 0.717) is 6.04 Å². The zero-order chi connectivity index (χ0) is 14.4. The molecular formula is C18H30N2. The lowest BCUT2D eigenvalue weighted by Crippen LogP contribution is -2.42. The molecule has 1 aromatic rings. The zero-order valence-corrected chi connectivity index (χ0v) is 13.1. The fraction of sp³-hybridized carbons (Fsp3) is 0.667. The molecular weight excluding hydrogens is 244 g/mol. The summed E-state index contributed by atoms with van der Waals surface area (Å²) in [5.41, 5.74) is 9.31. The minimum absolute atomic E-state index is 0.232. The lowest BCUT2D eigenvalue weighted by Gasteiger charge is -2.37. The fourth-order valence-electron chi connectivity index (χ4n) is 3.39. The lowest BCUT2D eigenvalue weighted by molar-refractivity contribution is 0.154. The van der Waals surface area contributed by atoms with Crippen LogP contribution in [-0.2, 0) is 0 Å². The highest BCUT2D eigenvalue weighted by Gasteiger charge is 2.26. The Morgan fingerprint density at radius 1 is 1.05 bits per heavy atom. The molecule has 1 fully saturated rings. The van der Waals surface area contributed by atoms with Gasteiger partial charge in [0.15, 0.2) is 0 Å². The van der Waals surface area contributed by atoms with Gasteiger partial charge >= 0.3 is 0 Å². The Morgan fingerprint density at radius 2 is 1.65 bits per heavy atom. The SMILES string of the molecule is CCC(N)C(c1ccccc1C)N1CCCCCCC1. The first-order valence-corrected chi connectivity index (χ1v) is 8.29. The highest BCUT2D eigenvalue weighted by Crippen LogP contribution is 2.29. The van der Waals surface area contributed by atoms with Crippen molar-refractivity contribution in [2.24, 2.45) is 5.73 Å². The van der Waals surface area contributed by atoms with Gasteiger partial charge in [0.25, 0.3) is 0 Å². The van der Waals surface area contributed by atoms with Crippen molar-refractivity contribution in [3.8, 4) is 0 Å². The molecule has 2 unspecified atom stereocenters. The lowest BCUT2D eigenvalue weighted by atomic mass is 9.92. The zero-order valence-electron chi connectivity index (χ0n) is 13.1. The molecule has 1 aromatic carbocycles. The van der Waals surface area contributed by atoms with Gasteiger partial charge in [-0.05, 0) is 50.4 Å². The fourth-order valence-corrected chi connectivity index (χ4v) is 3.39. The monoisotopic (exact) mass is 274 g/mol. The highest BCUT2D eigenvalue weighted by atomic mass is 15.2. The molecule has 2 nitrogen and oxygen atoms in total. The van der Waals surface area contributed by atoms with E-state index in [9.17, 15) is 0 Å². The number of hydrogen-bond donors (Lipinski definition) is 1. The number of likely N-dealkylation sites (tertiary alicyclic amines) is 1. The molecule has 0 radical (unpaired) electrons. The summed E-state index contributed by atoms with van der Waals surface area (Å²) in [5, 5.41) is 0. The van der Waals surface area contributed by atoms with Gasteiger partial charge in [0.1, 0.15) is 0 Å². The number of hydrogen-bond acceptors (Lipinski definition) is 2. The molecule has 0 aromatic heterocycles. The Morgan fingerprint density at radius 3 is 2.25 bits per heavy atom. The topological polar surface area (TPSA) is 29.3 Å². The maximum Gasteiger partial charge on any atom is 0.0501 e. The van der Waals surface area contributed by atoms with Gasteiger partial charge in [-0.3, -0.25) is 4.90 Å². The predicted octanol–water partition coefficient (Wildman–Crippen LogP) is 4.04. The normalized spacial score (nSPS) is 20.9. The van der Waals surface area contributed by atoms with Gasteiger partial charge in [-0.25, -0.2) is 0 Å². The molecule has 1 saturated heterocycles. The van der Waals surface area contributed by atoms with Crippen LogP contribution in [0.3, 0.4) is 0 Å². The first-order chi connectivity index (χ1) is 9.74. The molecule has 2 rings (SSSR count). The number of nitrogens with zero attached hydrogens (tertiary/aromatic N) is 1. The van der Waals surface area contributed by atoms with Crippen LogP contribution < -0.4 is 5.73 Å². The first-order valence-electron chi connectivity index (χ1n) is 8.29. The predicted molar refractivity (Wildman–Crippen MR) is 86.8 cm³/mol. The van der Waals surface area contributed by atoms with Gasteiger partial charge < -0.3 is 5.73 Å². The van der Waals surface area contributed by atoms with E-state index in [4.69, 9.17) is 5.73 Å². The van der Waals surface area contributed by atoms with E-state index < -0.39 is 0 Å². The second kappa shape index (κ2) is 7.80. The average molecular weight is 274 g/mol. The van der Waals surface area contributed by atoms with Crippen LogP contribution in [0.1, 0.15) is 62.6 Å². The smallest absolute Gasteiger partial charge is 0.0501 e. The Bertz CT molecular complexity index is 394. The molecule has 2 atom stereocenters. The van der Waals surface area contributed by atoms with E-state index in [1.165, 1.54) is 56.3 Å². The van der Waals surface area contributed by atoms with E-state index in [-0.39, 0.29) is 6.04 Å². The summed E-state index contributed by atoms with van der Waals surface area (Å²) in [6.45, 7) is 6.83. The molecule has 112 valence electrons. The van der Waals surface area contributed by atoms with Crippen LogP contribution in [0, 0.1) is 6.92 Å². The third kappa shape index (κ3) is 3.83. The molecule has 1 aliphatic rings. The first kappa shape index (κ1) is 15.5. The Balaban J connectivity index is 2.24. The second-order valence-electron chi connectivity index (χ2n) is 6.18. The van der Waals surface area contributed by atoms with Crippen LogP contribution >= 0.6 is 0 Å². The van der Waals surface area contributed by atoms with Crippen LogP contribution in [-0.4, -0.2) is 24.0 Å². The van der Waals surface area contributed by atoms with Crippen molar-refractivity contribution in [2.45, 2.75) is 64.5 Å². The van der Waals surface area contributed by atoms with E-state index in [1.807, 2.05) is 0 Å². The summed E-state index contributed by atoms with van der Waals surface area (Å²) < 4.78 is 0. The van der Waals surface area contributed by atoms with E-state index in [1.54, 1.807) is 0 Å². The maximum absolute atomic E-state index is 6.50. The highest BCUT2D eigenvalue weighted by molar-refractivity contribution is 5.30. The average Bonchev–Trinajstić information content (AvgIpc) is 2.42. The number of nitrogens with two attached hydrogens (primary N) is 1. The van der Waals surface area contributed by atoms with Crippen LogP contribution in [0.25, 0.3) is 0 Å². The third-order valence-electron chi connectivity index (χ3n) is 4.67. The molecule has 0 aliphatic carbocycles. The number of aryl methyl sites for hydroxylation is 1. The summed E-state index contributed by atoms with van der Waals surface area (Å²) in [6.07, 6.45) is 7.83. The van der Waals surface area contributed by atoms with Crippen LogP contribution in [0.15, 0.2) is 24.3 Å². The summed E-state index contributed by atoms with van der Waals surface area (Å²) >= 11 is 0. The Labute approximate surface area is 124 Å². The number of rotatable bonds is 4. The van der Waals surface area contributed by atoms with Gasteiger partial charge in [0.2, 0.25) is 0 Å². The minimum atomic E-state index is 0.232. The maximum atomic E-state index is 6.50. The van der Waals surface area contributed by atoms with E-state index >= 15 is 0 Å². The molecule has 1 aliphatic heterocycles. The van der Waals surface area contributed by atoms with Crippen LogP contribution in [0.2, 0.25) is 0 Å².